The predicted octanol–water partition coefficient (Wildman–Crippen LogP) is 4.21. The molecule has 170 valence electrons. The number of thiazole rings is 1. The lowest BCUT2D eigenvalue weighted by Gasteiger charge is -2.23. The van der Waals surface area contributed by atoms with Crippen molar-refractivity contribution in [2.45, 2.75) is 26.8 Å². The SMILES string of the molecule is CCOC(=O)c1sc(N(Cc2ccccc2)C(=O)C2CC(=O)N(c3ccccc3)C2)nc1C. The van der Waals surface area contributed by atoms with Gasteiger partial charge in [0.15, 0.2) is 5.13 Å². The minimum absolute atomic E-state index is 0.0817. The Morgan fingerprint density at radius 1 is 1.12 bits per heavy atom. The number of amides is 2. The van der Waals surface area contributed by atoms with Gasteiger partial charge in [-0.05, 0) is 31.5 Å². The van der Waals surface area contributed by atoms with Crippen LogP contribution in [0.15, 0.2) is 60.7 Å². The molecule has 0 aliphatic carbocycles. The number of hydrogen-bond donors (Lipinski definition) is 0. The predicted molar refractivity (Wildman–Crippen MR) is 127 cm³/mol. The maximum Gasteiger partial charge on any atom is 0.350 e. The number of ether oxygens (including phenoxy) is 1. The summed E-state index contributed by atoms with van der Waals surface area (Å²) in [7, 11) is 0. The summed E-state index contributed by atoms with van der Waals surface area (Å²) in [4.78, 5) is 46.9. The fourth-order valence-corrected chi connectivity index (χ4v) is 4.81. The van der Waals surface area contributed by atoms with Crippen molar-refractivity contribution in [1.82, 2.24) is 4.98 Å². The Hall–Kier alpha value is -3.52. The highest BCUT2D eigenvalue weighted by Crippen LogP contribution is 2.32. The van der Waals surface area contributed by atoms with Gasteiger partial charge in [0.1, 0.15) is 4.88 Å². The molecule has 0 N–H and O–H groups in total. The van der Waals surface area contributed by atoms with E-state index >= 15 is 0 Å². The number of aromatic nitrogens is 1. The average molecular weight is 464 g/mol. The smallest absolute Gasteiger partial charge is 0.350 e. The van der Waals surface area contributed by atoms with Crippen molar-refractivity contribution in [3.63, 3.8) is 0 Å². The number of para-hydroxylation sites is 1. The summed E-state index contributed by atoms with van der Waals surface area (Å²) in [6.07, 6.45) is 0.133. The molecule has 2 heterocycles. The van der Waals surface area contributed by atoms with E-state index in [1.807, 2.05) is 60.7 Å². The largest absolute Gasteiger partial charge is 0.462 e. The zero-order valence-corrected chi connectivity index (χ0v) is 19.4. The summed E-state index contributed by atoms with van der Waals surface area (Å²) in [5.41, 5.74) is 2.23. The Bertz CT molecular complexity index is 1150. The minimum Gasteiger partial charge on any atom is -0.462 e. The van der Waals surface area contributed by atoms with Crippen molar-refractivity contribution < 1.29 is 19.1 Å². The molecule has 1 atom stereocenters. The van der Waals surface area contributed by atoms with Gasteiger partial charge < -0.3 is 9.64 Å². The zero-order chi connectivity index (χ0) is 23.4. The van der Waals surface area contributed by atoms with Crippen molar-refractivity contribution in [1.29, 1.82) is 0 Å². The van der Waals surface area contributed by atoms with Crippen LogP contribution in [0.5, 0.6) is 0 Å². The van der Waals surface area contributed by atoms with Crippen molar-refractivity contribution in [2.75, 3.05) is 23.0 Å². The van der Waals surface area contributed by atoms with Gasteiger partial charge in [-0.25, -0.2) is 9.78 Å². The highest BCUT2D eigenvalue weighted by molar-refractivity contribution is 7.17. The molecule has 4 rings (SSSR count). The van der Waals surface area contributed by atoms with Crippen LogP contribution in [0.2, 0.25) is 0 Å². The Kier molecular flexibility index (Phi) is 6.84. The highest BCUT2D eigenvalue weighted by atomic mass is 32.1. The van der Waals surface area contributed by atoms with Crippen LogP contribution in [0.25, 0.3) is 0 Å². The molecule has 7 nitrogen and oxygen atoms in total. The molecule has 1 aromatic heterocycles. The van der Waals surface area contributed by atoms with E-state index in [4.69, 9.17) is 4.74 Å². The van der Waals surface area contributed by atoms with Gasteiger partial charge in [-0.2, -0.15) is 0 Å². The molecule has 2 amide bonds. The number of nitrogens with zero attached hydrogens (tertiary/aromatic N) is 3. The van der Waals surface area contributed by atoms with Gasteiger partial charge in [0.05, 0.1) is 24.8 Å². The van der Waals surface area contributed by atoms with Crippen molar-refractivity contribution in [3.05, 3.63) is 76.8 Å². The van der Waals surface area contributed by atoms with E-state index < -0.39 is 11.9 Å². The molecule has 33 heavy (non-hydrogen) atoms. The molecule has 1 aliphatic rings. The summed E-state index contributed by atoms with van der Waals surface area (Å²) < 4.78 is 5.13. The molecule has 8 heteroatoms. The molecule has 2 aromatic carbocycles. The van der Waals surface area contributed by atoms with Crippen LogP contribution in [0.1, 0.15) is 34.3 Å². The van der Waals surface area contributed by atoms with Gasteiger partial charge in [0.25, 0.3) is 0 Å². The van der Waals surface area contributed by atoms with E-state index in [1.165, 1.54) is 0 Å². The van der Waals surface area contributed by atoms with E-state index in [0.717, 1.165) is 22.6 Å². The third kappa shape index (κ3) is 4.96. The lowest BCUT2D eigenvalue weighted by Crippen LogP contribution is -2.37. The summed E-state index contributed by atoms with van der Waals surface area (Å²) in [5, 5.41) is 0.426. The molecular weight excluding hydrogens is 438 g/mol. The highest BCUT2D eigenvalue weighted by Gasteiger charge is 2.38. The molecule has 1 saturated heterocycles. The van der Waals surface area contributed by atoms with E-state index in [-0.39, 0.29) is 24.8 Å². The van der Waals surface area contributed by atoms with Crippen LogP contribution in [0.4, 0.5) is 10.8 Å². The lowest BCUT2D eigenvalue weighted by atomic mass is 10.1. The summed E-state index contributed by atoms with van der Waals surface area (Å²) in [6, 6.07) is 19.0. The van der Waals surface area contributed by atoms with Gasteiger partial charge in [0, 0.05) is 18.7 Å². The van der Waals surface area contributed by atoms with Crippen LogP contribution in [0.3, 0.4) is 0 Å². The first kappa shape index (κ1) is 22.7. The Morgan fingerprint density at radius 3 is 2.45 bits per heavy atom. The van der Waals surface area contributed by atoms with Gasteiger partial charge in [0.2, 0.25) is 11.8 Å². The lowest BCUT2D eigenvalue weighted by molar-refractivity contribution is -0.124. The number of benzene rings is 2. The molecule has 1 aliphatic heterocycles. The first-order valence-corrected chi connectivity index (χ1v) is 11.6. The van der Waals surface area contributed by atoms with Gasteiger partial charge in [-0.1, -0.05) is 59.9 Å². The van der Waals surface area contributed by atoms with Crippen LogP contribution in [-0.2, 0) is 20.9 Å². The van der Waals surface area contributed by atoms with E-state index in [1.54, 1.807) is 23.6 Å². The molecule has 0 saturated carbocycles. The van der Waals surface area contributed by atoms with Crippen LogP contribution in [-0.4, -0.2) is 35.9 Å². The molecule has 0 radical (unpaired) electrons. The van der Waals surface area contributed by atoms with E-state index in [0.29, 0.717) is 28.8 Å². The van der Waals surface area contributed by atoms with Gasteiger partial charge >= 0.3 is 5.97 Å². The second kappa shape index (κ2) is 9.95. The molecule has 1 unspecified atom stereocenters. The number of hydrogen-bond acceptors (Lipinski definition) is 6. The third-order valence-corrected chi connectivity index (χ3v) is 6.63. The summed E-state index contributed by atoms with van der Waals surface area (Å²) >= 11 is 1.14. The maximum atomic E-state index is 13.7. The normalized spacial score (nSPS) is 15.5. The summed E-state index contributed by atoms with van der Waals surface area (Å²) in [6.45, 7) is 4.34. The fraction of sp³-hybridized carbons (Fsp3) is 0.280. The van der Waals surface area contributed by atoms with Gasteiger partial charge in [-0.3, -0.25) is 14.5 Å². The Labute approximate surface area is 196 Å². The maximum absolute atomic E-state index is 13.7. The third-order valence-electron chi connectivity index (χ3n) is 5.47. The number of esters is 1. The average Bonchev–Trinajstić information content (AvgIpc) is 3.41. The number of rotatable bonds is 7. The minimum atomic E-state index is -0.503. The first-order chi connectivity index (χ1) is 16.0. The molecule has 3 aromatic rings. The fourth-order valence-electron chi connectivity index (χ4n) is 3.84. The molecule has 0 spiro atoms. The van der Waals surface area contributed by atoms with Crippen molar-refractivity contribution in [3.8, 4) is 0 Å². The van der Waals surface area contributed by atoms with E-state index in [2.05, 4.69) is 4.98 Å². The van der Waals surface area contributed by atoms with E-state index in [9.17, 15) is 14.4 Å². The number of anilines is 2. The zero-order valence-electron chi connectivity index (χ0n) is 18.6. The molecule has 1 fully saturated rings. The first-order valence-electron chi connectivity index (χ1n) is 10.8. The number of carbonyl (C=O) groups excluding carboxylic acids is 3. The second-order valence-corrected chi connectivity index (χ2v) is 8.76. The second-order valence-electron chi connectivity index (χ2n) is 7.78. The topological polar surface area (TPSA) is 79.8 Å². The molecule has 0 bridgehead atoms. The summed E-state index contributed by atoms with van der Waals surface area (Å²) in [5.74, 6) is -1.22. The van der Waals surface area contributed by atoms with Crippen LogP contribution >= 0.6 is 11.3 Å². The van der Waals surface area contributed by atoms with Crippen LogP contribution in [0, 0.1) is 12.8 Å². The van der Waals surface area contributed by atoms with Gasteiger partial charge in [-0.15, -0.1) is 0 Å². The monoisotopic (exact) mass is 463 g/mol. The number of aryl methyl sites for hydroxylation is 1. The standard InChI is InChI=1S/C25H25N3O4S/c1-3-32-24(31)22-17(2)26-25(33-22)28(15-18-10-6-4-7-11-18)23(30)19-14-21(29)27(16-19)20-12-8-5-9-13-20/h4-13,19H,3,14-16H2,1-2H3. The Balaban J connectivity index is 1.63. The van der Waals surface area contributed by atoms with Crippen LogP contribution < -0.4 is 9.80 Å². The molecular formula is C25H25N3O4S. The number of carbonyl (C=O) groups is 3. The Morgan fingerprint density at radius 2 is 1.79 bits per heavy atom. The quantitative estimate of drug-likeness (QED) is 0.490. The van der Waals surface area contributed by atoms with Crippen molar-refractivity contribution >= 4 is 39.9 Å². The van der Waals surface area contributed by atoms with Crippen molar-refractivity contribution in [2.24, 2.45) is 5.92 Å².